The summed E-state index contributed by atoms with van der Waals surface area (Å²) in [6.45, 7) is -0.572. The smallest absolute Gasteiger partial charge is 0.420 e. The van der Waals surface area contributed by atoms with E-state index in [0.29, 0.717) is 5.56 Å². The number of pyridine rings is 1. The quantitative estimate of drug-likeness (QED) is 0.441. The second-order valence-electron chi connectivity index (χ2n) is 6.61. The lowest BCUT2D eigenvalue weighted by Crippen LogP contribution is -2.15. The second kappa shape index (κ2) is 8.62. The molecule has 2 aromatic carbocycles. The number of aliphatic hydroxyl groups excluding tert-OH is 2. The minimum atomic E-state index is -4.65. The Hall–Kier alpha value is -3.63. The molecule has 1 amide bonds. The molecule has 0 unspecified atom stereocenters. The average molecular weight is 433 g/mol. The Balaban J connectivity index is 1.93. The van der Waals surface area contributed by atoms with Crippen molar-refractivity contribution in [2.45, 2.75) is 12.3 Å². The molecule has 31 heavy (non-hydrogen) atoms. The number of carbonyl (C=O) groups is 1. The van der Waals surface area contributed by atoms with E-state index in [9.17, 15) is 23.1 Å². The molecule has 6 N–H and O–H groups in total. The highest BCUT2D eigenvalue weighted by Crippen LogP contribution is 2.39. The molecule has 3 aromatic rings. The first kappa shape index (κ1) is 22.1. The van der Waals surface area contributed by atoms with Gasteiger partial charge in [-0.05, 0) is 60.2 Å². The molecule has 0 spiro atoms. The largest absolute Gasteiger partial charge is 0.457 e. The molecular weight excluding hydrogens is 415 g/mol. The zero-order chi connectivity index (χ0) is 22.8. The third kappa shape index (κ3) is 5.11. The molecule has 10 heteroatoms. The van der Waals surface area contributed by atoms with E-state index in [1.54, 1.807) is 0 Å². The number of alkyl halides is 3. The van der Waals surface area contributed by atoms with Crippen molar-refractivity contribution in [3.05, 3.63) is 71.4 Å². The maximum Gasteiger partial charge on any atom is 0.420 e. The van der Waals surface area contributed by atoms with Gasteiger partial charge in [0.2, 0.25) is 0 Å². The van der Waals surface area contributed by atoms with E-state index in [2.05, 4.69) is 4.98 Å². The number of halogens is 3. The first-order valence-electron chi connectivity index (χ1n) is 8.94. The topological polar surface area (TPSA) is 132 Å². The number of hydrogen-bond acceptors (Lipinski definition) is 6. The number of primary amides is 1. The molecule has 162 valence electrons. The molecule has 0 bridgehead atoms. The van der Waals surface area contributed by atoms with E-state index in [4.69, 9.17) is 21.3 Å². The fourth-order valence-electron chi connectivity index (χ4n) is 2.80. The minimum Gasteiger partial charge on any atom is -0.457 e. The number of aliphatic hydroxyl groups is 2. The number of rotatable bonds is 6. The Morgan fingerprint density at radius 1 is 1.10 bits per heavy atom. The maximum absolute atomic E-state index is 13.2. The van der Waals surface area contributed by atoms with E-state index in [-0.39, 0.29) is 28.4 Å². The molecule has 3 rings (SSSR count). The number of aromatic nitrogens is 1. The van der Waals surface area contributed by atoms with Crippen LogP contribution in [0.1, 0.15) is 27.7 Å². The molecule has 1 heterocycles. The molecule has 0 saturated heterocycles. The van der Waals surface area contributed by atoms with Gasteiger partial charge in [0.1, 0.15) is 28.9 Å². The normalized spacial score (nSPS) is 12.4. The van der Waals surface area contributed by atoms with Crippen LogP contribution in [0, 0.1) is 0 Å². The first-order valence-corrected chi connectivity index (χ1v) is 8.94. The van der Waals surface area contributed by atoms with Crippen LogP contribution in [0.4, 0.5) is 18.9 Å². The van der Waals surface area contributed by atoms with Gasteiger partial charge in [-0.3, -0.25) is 4.79 Å². The van der Waals surface area contributed by atoms with Crippen LogP contribution >= 0.6 is 0 Å². The average Bonchev–Trinajstić information content (AvgIpc) is 2.73. The molecule has 0 aliphatic heterocycles. The van der Waals surface area contributed by atoms with E-state index in [1.807, 2.05) is 0 Å². The summed E-state index contributed by atoms with van der Waals surface area (Å²) in [6, 6.07) is 11.8. The summed E-state index contributed by atoms with van der Waals surface area (Å²) in [4.78, 5) is 15.7. The predicted octanol–water partition coefficient (Wildman–Crippen LogP) is 3.27. The van der Waals surface area contributed by atoms with E-state index < -0.39 is 36.1 Å². The van der Waals surface area contributed by atoms with Crippen LogP contribution in [0.3, 0.4) is 0 Å². The van der Waals surface area contributed by atoms with E-state index in [0.717, 1.165) is 12.1 Å². The monoisotopic (exact) mass is 433 g/mol. The maximum atomic E-state index is 13.2. The number of nitrogens with zero attached hydrogens (tertiary/aromatic N) is 1. The van der Waals surface area contributed by atoms with Gasteiger partial charge in [-0.1, -0.05) is 0 Å². The van der Waals surface area contributed by atoms with Gasteiger partial charge in [-0.2, -0.15) is 13.2 Å². The van der Waals surface area contributed by atoms with Crippen molar-refractivity contribution in [3.63, 3.8) is 0 Å². The number of carbonyl (C=O) groups excluding carboxylic acids is 1. The van der Waals surface area contributed by atoms with Crippen LogP contribution in [0.2, 0.25) is 0 Å². The molecule has 0 aliphatic rings. The van der Waals surface area contributed by atoms with Gasteiger partial charge in [0.15, 0.2) is 0 Å². The number of ether oxygens (including phenoxy) is 1. The van der Waals surface area contributed by atoms with Crippen molar-refractivity contribution in [1.29, 1.82) is 0 Å². The number of hydrogen-bond donors (Lipinski definition) is 4. The Kier molecular flexibility index (Phi) is 6.14. The van der Waals surface area contributed by atoms with Gasteiger partial charge in [0.25, 0.3) is 5.91 Å². The second-order valence-corrected chi connectivity index (χ2v) is 6.61. The molecule has 1 atom stereocenters. The number of amides is 1. The van der Waals surface area contributed by atoms with Crippen molar-refractivity contribution in [2.24, 2.45) is 5.73 Å². The van der Waals surface area contributed by atoms with Crippen LogP contribution in [0.15, 0.2) is 54.6 Å². The van der Waals surface area contributed by atoms with Gasteiger partial charge in [-0.15, -0.1) is 0 Å². The Labute approximate surface area is 174 Å². The summed E-state index contributed by atoms with van der Waals surface area (Å²) in [5.41, 5.74) is 10.5. The lowest BCUT2D eigenvalue weighted by atomic mass is 10.0. The van der Waals surface area contributed by atoms with E-state index in [1.165, 1.54) is 42.5 Å². The van der Waals surface area contributed by atoms with Crippen LogP contribution < -0.4 is 16.2 Å². The Morgan fingerprint density at radius 2 is 1.77 bits per heavy atom. The molecule has 1 aromatic heterocycles. The van der Waals surface area contributed by atoms with Gasteiger partial charge in [0.05, 0.1) is 12.3 Å². The highest BCUT2D eigenvalue weighted by atomic mass is 19.4. The molecule has 0 radical (unpaired) electrons. The molecule has 0 aliphatic carbocycles. The summed E-state index contributed by atoms with van der Waals surface area (Å²) in [7, 11) is 0. The number of nitrogens with two attached hydrogens (primary N) is 2. The SMILES string of the molecule is NC(=O)c1cc([C@H](O)CO)cc(-c2ccc(Oc3ccc(N)cc3C(F)(F)F)cc2)n1. The summed E-state index contributed by atoms with van der Waals surface area (Å²) >= 11 is 0. The summed E-state index contributed by atoms with van der Waals surface area (Å²) < 4.78 is 45.1. The zero-order valence-corrected chi connectivity index (χ0v) is 15.9. The molecular formula is C21H18F3N3O4. The predicted molar refractivity (Wildman–Crippen MR) is 106 cm³/mol. The van der Waals surface area contributed by atoms with Crippen LogP contribution in [0.25, 0.3) is 11.3 Å². The fraction of sp³-hybridized carbons (Fsp3) is 0.143. The summed E-state index contributed by atoms with van der Waals surface area (Å²) in [6.07, 6.45) is -5.89. The number of anilines is 1. The Morgan fingerprint density at radius 3 is 2.35 bits per heavy atom. The molecule has 7 nitrogen and oxygen atoms in total. The van der Waals surface area contributed by atoms with Gasteiger partial charge in [0, 0.05) is 11.3 Å². The standard InChI is InChI=1S/C21H18F3N3O4/c22-21(23,24)15-9-13(25)3-6-19(15)31-14-4-1-11(2-5-14)16-7-12(18(29)10-28)8-17(27-16)20(26)30/h1-9,18,28-29H,10,25H2,(H2,26,30)/t18-/m1/s1. The third-order valence-corrected chi connectivity index (χ3v) is 4.34. The lowest BCUT2D eigenvalue weighted by Gasteiger charge is -2.15. The van der Waals surface area contributed by atoms with Gasteiger partial charge < -0.3 is 26.4 Å². The van der Waals surface area contributed by atoms with Crippen LogP contribution in [0.5, 0.6) is 11.5 Å². The van der Waals surface area contributed by atoms with Crippen molar-refractivity contribution < 1.29 is 32.9 Å². The highest BCUT2D eigenvalue weighted by Gasteiger charge is 2.34. The van der Waals surface area contributed by atoms with Crippen molar-refractivity contribution in [1.82, 2.24) is 4.98 Å². The van der Waals surface area contributed by atoms with Crippen LogP contribution in [-0.4, -0.2) is 27.7 Å². The highest BCUT2D eigenvalue weighted by molar-refractivity contribution is 5.91. The van der Waals surface area contributed by atoms with Crippen molar-refractivity contribution in [2.75, 3.05) is 12.3 Å². The number of nitrogen functional groups attached to an aromatic ring is 1. The van der Waals surface area contributed by atoms with Gasteiger partial charge in [-0.25, -0.2) is 4.98 Å². The van der Waals surface area contributed by atoms with Crippen LogP contribution in [-0.2, 0) is 6.18 Å². The number of benzene rings is 2. The molecule has 0 fully saturated rings. The minimum absolute atomic E-state index is 0.0451. The van der Waals surface area contributed by atoms with E-state index >= 15 is 0 Å². The summed E-state index contributed by atoms with van der Waals surface area (Å²) in [5.74, 6) is -1.10. The third-order valence-electron chi connectivity index (χ3n) is 4.34. The summed E-state index contributed by atoms with van der Waals surface area (Å²) in [5, 5.41) is 19.0. The first-order chi connectivity index (χ1) is 14.6. The Bertz CT molecular complexity index is 1100. The molecule has 0 saturated carbocycles. The zero-order valence-electron chi connectivity index (χ0n) is 15.9. The van der Waals surface area contributed by atoms with Crippen molar-refractivity contribution >= 4 is 11.6 Å². The van der Waals surface area contributed by atoms with Gasteiger partial charge >= 0.3 is 6.18 Å². The van der Waals surface area contributed by atoms with Crippen molar-refractivity contribution in [3.8, 4) is 22.8 Å². The lowest BCUT2D eigenvalue weighted by molar-refractivity contribution is -0.138. The fourth-order valence-corrected chi connectivity index (χ4v) is 2.80.